The van der Waals surface area contributed by atoms with E-state index in [1.807, 2.05) is 0 Å². The monoisotopic (exact) mass is 230 g/mol. The van der Waals surface area contributed by atoms with E-state index in [0.29, 0.717) is 5.92 Å². The van der Waals surface area contributed by atoms with Gasteiger partial charge in [-0.1, -0.05) is 0 Å². The van der Waals surface area contributed by atoms with Crippen LogP contribution in [0.5, 0.6) is 5.75 Å². The fourth-order valence-corrected chi connectivity index (χ4v) is 2.67. The highest BCUT2D eigenvalue weighted by molar-refractivity contribution is 5.85. The second-order valence-electron chi connectivity index (χ2n) is 4.82. The molecule has 17 heavy (non-hydrogen) atoms. The molecule has 1 aromatic carbocycles. The van der Waals surface area contributed by atoms with Crippen LogP contribution in [0.15, 0.2) is 18.2 Å². The summed E-state index contributed by atoms with van der Waals surface area (Å²) >= 11 is 0. The Hall–Kier alpha value is -1.48. The van der Waals surface area contributed by atoms with Crippen LogP contribution in [0.1, 0.15) is 23.6 Å². The highest BCUT2D eigenvalue weighted by Crippen LogP contribution is 2.29. The summed E-state index contributed by atoms with van der Waals surface area (Å²) in [5.74, 6) is 1.57. The van der Waals surface area contributed by atoms with E-state index in [-0.39, 0.29) is 0 Å². The molecule has 0 amide bonds. The second kappa shape index (κ2) is 4.08. The Morgan fingerprint density at radius 3 is 2.88 bits per heavy atom. The van der Waals surface area contributed by atoms with Crippen molar-refractivity contribution in [1.82, 2.24) is 10.3 Å². The molecule has 0 aliphatic carbocycles. The molecule has 0 saturated carbocycles. The summed E-state index contributed by atoms with van der Waals surface area (Å²) in [4.78, 5) is 3.56. The predicted molar refractivity (Wildman–Crippen MR) is 69.8 cm³/mol. The van der Waals surface area contributed by atoms with E-state index in [1.165, 1.54) is 28.6 Å². The van der Waals surface area contributed by atoms with Crippen molar-refractivity contribution in [3.05, 3.63) is 29.5 Å². The van der Waals surface area contributed by atoms with Crippen LogP contribution in [0.3, 0.4) is 0 Å². The first-order valence-corrected chi connectivity index (χ1v) is 6.16. The molecule has 1 aromatic heterocycles. The minimum atomic E-state index is 0.632. The summed E-state index contributed by atoms with van der Waals surface area (Å²) in [6, 6.07) is 6.45. The summed E-state index contributed by atoms with van der Waals surface area (Å²) in [5, 5.41) is 4.66. The Morgan fingerprint density at radius 1 is 1.29 bits per heavy atom. The number of aromatic nitrogens is 1. The molecule has 2 N–H and O–H groups in total. The van der Waals surface area contributed by atoms with E-state index in [1.54, 1.807) is 7.11 Å². The first kappa shape index (κ1) is 10.7. The van der Waals surface area contributed by atoms with Crippen LogP contribution in [-0.4, -0.2) is 25.2 Å². The molecule has 1 saturated heterocycles. The molecule has 2 heterocycles. The number of ether oxygens (including phenoxy) is 1. The third-order valence-electron chi connectivity index (χ3n) is 3.66. The molecule has 3 rings (SSSR count). The Balaban J connectivity index is 2.08. The number of H-pyrrole nitrogens is 1. The SMILES string of the molecule is COc1cc(C)c2[nH]c(C3CCNC3)cc2c1. The average molecular weight is 230 g/mol. The summed E-state index contributed by atoms with van der Waals surface area (Å²) < 4.78 is 5.31. The average Bonchev–Trinajstić information content (AvgIpc) is 2.96. The molecule has 2 aromatic rings. The van der Waals surface area contributed by atoms with E-state index in [2.05, 4.69) is 35.4 Å². The van der Waals surface area contributed by atoms with Crippen molar-refractivity contribution in [2.45, 2.75) is 19.3 Å². The molecular weight excluding hydrogens is 212 g/mol. The number of hydrogen-bond donors (Lipinski definition) is 2. The Morgan fingerprint density at radius 2 is 2.18 bits per heavy atom. The topological polar surface area (TPSA) is 37.0 Å². The molecule has 1 unspecified atom stereocenters. The van der Waals surface area contributed by atoms with Crippen molar-refractivity contribution in [2.75, 3.05) is 20.2 Å². The number of nitrogens with one attached hydrogen (secondary N) is 2. The summed E-state index contributed by atoms with van der Waals surface area (Å²) in [6.45, 7) is 4.34. The van der Waals surface area contributed by atoms with E-state index in [4.69, 9.17) is 4.74 Å². The van der Waals surface area contributed by atoms with Gasteiger partial charge in [0.1, 0.15) is 5.75 Å². The molecule has 0 bridgehead atoms. The molecule has 1 atom stereocenters. The van der Waals surface area contributed by atoms with Crippen LogP contribution in [0.2, 0.25) is 0 Å². The van der Waals surface area contributed by atoms with Crippen LogP contribution in [0.25, 0.3) is 10.9 Å². The van der Waals surface area contributed by atoms with Gasteiger partial charge in [-0.25, -0.2) is 0 Å². The largest absolute Gasteiger partial charge is 0.497 e. The van der Waals surface area contributed by atoms with Crippen molar-refractivity contribution in [3.63, 3.8) is 0 Å². The Labute approximate surface area is 101 Å². The van der Waals surface area contributed by atoms with E-state index < -0.39 is 0 Å². The quantitative estimate of drug-likeness (QED) is 0.832. The van der Waals surface area contributed by atoms with Gasteiger partial charge in [0.25, 0.3) is 0 Å². The predicted octanol–water partition coefficient (Wildman–Crippen LogP) is 2.56. The molecule has 1 fully saturated rings. The molecule has 0 radical (unpaired) electrons. The molecular formula is C14H18N2O. The molecule has 0 spiro atoms. The van der Waals surface area contributed by atoms with Gasteiger partial charge in [-0.3, -0.25) is 0 Å². The van der Waals surface area contributed by atoms with Crippen molar-refractivity contribution in [3.8, 4) is 5.75 Å². The number of fused-ring (bicyclic) bond motifs is 1. The fourth-order valence-electron chi connectivity index (χ4n) is 2.67. The molecule has 90 valence electrons. The minimum absolute atomic E-state index is 0.632. The van der Waals surface area contributed by atoms with Gasteiger partial charge in [0, 0.05) is 29.1 Å². The number of aromatic amines is 1. The lowest BCUT2D eigenvalue weighted by Gasteiger charge is -2.04. The summed E-state index contributed by atoms with van der Waals surface area (Å²) in [6.07, 6.45) is 1.23. The smallest absolute Gasteiger partial charge is 0.119 e. The van der Waals surface area contributed by atoms with Gasteiger partial charge in [-0.15, -0.1) is 0 Å². The van der Waals surface area contributed by atoms with Crippen LogP contribution < -0.4 is 10.1 Å². The minimum Gasteiger partial charge on any atom is -0.497 e. The fraction of sp³-hybridized carbons (Fsp3) is 0.429. The number of rotatable bonds is 2. The van der Waals surface area contributed by atoms with Gasteiger partial charge in [-0.2, -0.15) is 0 Å². The third kappa shape index (κ3) is 1.80. The van der Waals surface area contributed by atoms with Gasteiger partial charge in [-0.05, 0) is 43.7 Å². The van der Waals surface area contributed by atoms with Crippen molar-refractivity contribution >= 4 is 10.9 Å². The van der Waals surface area contributed by atoms with Crippen molar-refractivity contribution in [1.29, 1.82) is 0 Å². The highest BCUT2D eigenvalue weighted by atomic mass is 16.5. The van der Waals surface area contributed by atoms with Crippen LogP contribution >= 0.6 is 0 Å². The lowest BCUT2D eigenvalue weighted by molar-refractivity contribution is 0.415. The zero-order valence-corrected chi connectivity index (χ0v) is 10.3. The van der Waals surface area contributed by atoms with Crippen LogP contribution in [0.4, 0.5) is 0 Å². The number of hydrogen-bond acceptors (Lipinski definition) is 2. The second-order valence-corrected chi connectivity index (χ2v) is 4.82. The Kier molecular flexibility index (Phi) is 2.56. The van der Waals surface area contributed by atoms with Crippen molar-refractivity contribution in [2.24, 2.45) is 0 Å². The highest BCUT2D eigenvalue weighted by Gasteiger charge is 2.18. The number of benzene rings is 1. The molecule has 1 aliphatic heterocycles. The van der Waals surface area contributed by atoms with Gasteiger partial charge in [0.05, 0.1) is 7.11 Å². The third-order valence-corrected chi connectivity index (χ3v) is 3.66. The standard InChI is InChI=1S/C14H18N2O/c1-9-5-12(17-2)6-11-7-13(16-14(9)11)10-3-4-15-8-10/h5-7,10,15-16H,3-4,8H2,1-2H3. The van der Waals surface area contributed by atoms with E-state index in [9.17, 15) is 0 Å². The zero-order chi connectivity index (χ0) is 11.8. The lowest BCUT2D eigenvalue weighted by Crippen LogP contribution is -2.07. The van der Waals surface area contributed by atoms with Gasteiger partial charge >= 0.3 is 0 Å². The molecule has 3 nitrogen and oxygen atoms in total. The summed E-state index contributed by atoms with van der Waals surface area (Å²) in [7, 11) is 1.72. The maximum absolute atomic E-state index is 5.31. The van der Waals surface area contributed by atoms with E-state index >= 15 is 0 Å². The zero-order valence-electron chi connectivity index (χ0n) is 10.3. The number of aryl methyl sites for hydroxylation is 1. The normalized spacial score (nSPS) is 20.0. The Bertz CT molecular complexity index is 538. The van der Waals surface area contributed by atoms with Crippen molar-refractivity contribution < 1.29 is 4.74 Å². The first-order valence-electron chi connectivity index (χ1n) is 6.16. The van der Waals surface area contributed by atoms with Crippen LogP contribution in [-0.2, 0) is 0 Å². The molecule has 1 aliphatic rings. The van der Waals surface area contributed by atoms with E-state index in [0.717, 1.165) is 18.8 Å². The lowest BCUT2D eigenvalue weighted by atomic mass is 10.1. The maximum Gasteiger partial charge on any atom is 0.119 e. The molecule has 3 heteroatoms. The van der Waals surface area contributed by atoms with Gasteiger partial charge in [0.2, 0.25) is 0 Å². The van der Waals surface area contributed by atoms with Gasteiger partial charge < -0.3 is 15.0 Å². The number of methoxy groups -OCH3 is 1. The first-order chi connectivity index (χ1) is 8.28. The van der Waals surface area contributed by atoms with Gasteiger partial charge in [0.15, 0.2) is 0 Å². The summed E-state index contributed by atoms with van der Waals surface area (Å²) in [5.41, 5.74) is 3.84. The van der Waals surface area contributed by atoms with Crippen LogP contribution in [0, 0.1) is 6.92 Å². The maximum atomic E-state index is 5.31.